The smallest absolute Gasteiger partial charge is 0.270 e. The van der Waals surface area contributed by atoms with E-state index in [-0.39, 0.29) is 11.9 Å². The second kappa shape index (κ2) is 7.83. The van der Waals surface area contributed by atoms with Crippen LogP contribution in [-0.2, 0) is 0 Å². The third kappa shape index (κ3) is 4.09. The monoisotopic (exact) mass is 345 g/mol. The van der Waals surface area contributed by atoms with E-state index in [0.29, 0.717) is 5.69 Å². The van der Waals surface area contributed by atoms with Gasteiger partial charge in [0.15, 0.2) is 0 Å². The zero-order valence-corrected chi connectivity index (χ0v) is 15.3. The van der Waals surface area contributed by atoms with Crippen molar-refractivity contribution in [3.05, 3.63) is 89.2 Å². The lowest BCUT2D eigenvalue weighted by Crippen LogP contribution is -2.27. The van der Waals surface area contributed by atoms with Gasteiger partial charge in [-0.05, 0) is 49.6 Å². The minimum atomic E-state index is -0.188. The van der Waals surface area contributed by atoms with Crippen LogP contribution in [0.5, 0.6) is 0 Å². The fourth-order valence-corrected chi connectivity index (χ4v) is 2.88. The van der Waals surface area contributed by atoms with Gasteiger partial charge in [0.1, 0.15) is 5.69 Å². The Morgan fingerprint density at radius 1 is 0.962 bits per heavy atom. The number of rotatable bonds is 5. The Bertz CT molecular complexity index is 886. The Balaban J connectivity index is 1.75. The van der Waals surface area contributed by atoms with E-state index in [0.717, 1.165) is 28.1 Å². The van der Waals surface area contributed by atoms with Crippen LogP contribution in [0.25, 0.3) is 0 Å². The Labute approximate surface area is 154 Å². The average molecular weight is 345 g/mol. The number of pyridine rings is 1. The molecule has 1 heterocycles. The van der Waals surface area contributed by atoms with E-state index in [4.69, 9.17) is 0 Å². The third-order valence-corrected chi connectivity index (χ3v) is 4.39. The highest BCUT2D eigenvalue weighted by atomic mass is 16.1. The first-order valence-corrected chi connectivity index (χ1v) is 8.69. The number of carbonyl (C=O) groups is 1. The molecule has 4 nitrogen and oxygen atoms in total. The van der Waals surface area contributed by atoms with Gasteiger partial charge >= 0.3 is 0 Å². The number of para-hydroxylation sites is 1. The van der Waals surface area contributed by atoms with Gasteiger partial charge in [0.2, 0.25) is 0 Å². The number of benzene rings is 2. The molecule has 0 saturated heterocycles. The Morgan fingerprint density at radius 2 is 1.65 bits per heavy atom. The fourth-order valence-electron chi connectivity index (χ4n) is 2.88. The number of anilines is 2. The second-order valence-electron chi connectivity index (χ2n) is 6.43. The molecule has 0 bridgehead atoms. The highest BCUT2D eigenvalue weighted by Crippen LogP contribution is 2.24. The number of nitrogens with zero attached hydrogens (tertiary/aromatic N) is 1. The van der Waals surface area contributed by atoms with E-state index in [1.807, 2.05) is 49.4 Å². The van der Waals surface area contributed by atoms with Gasteiger partial charge in [-0.3, -0.25) is 9.78 Å². The minimum absolute atomic E-state index is 0.0827. The Kier molecular flexibility index (Phi) is 5.32. The lowest BCUT2D eigenvalue weighted by atomic mass is 10.1. The van der Waals surface area contributed by atoms with Gasteiger partial charge in [0.25, 0.3) is 5.91 Å². The lowest BCUT2D eigenvalue weighted by molar-refractivity contribution is 0.0935. The first kappa shape index (κ1) is 17.7. The number of nitrogens with one attached hydrogen (secondary N) is 2. The van der Waals surface area contributed by atoms with Crippen LogP contribution in [0.3, 0.4) is 0 Å². The molecule has 1 amide bonds. The molecule has 0 aliphatic rings. The molecule has 0 spiro atoms. The van der Waals surface area contributed by atoms with Gasteiger partial charge in [-0.1, -0.05) is 48.5 Å². The van der Waals surface area contributed by atoms with Crippen LogP contribution in [0.1, 0.15) is 40.1 Å². The molecule has 132 valence electrons. The van der Waals surface area contributed by atoms with E-state index in [9.17, 15) is 4.79 Å². The summed E-state index contributed by atoms with van der Waals surface area (Å²) in [6.45, 7) is 6.09. The van der Waals surface area contributed by atoms with Crippen LogP contribution in [0.2, 0.25) is 0 Å². The molecule has 2 N–H and O–H groups in total. The molecule has 0 aliphatic carbocycles. The van der Waals surface area contributed by atoms with Crippen molar-refractivity contribution in [3.63, 3.8) is 0 Å². The van der Waals surface area contributed by atoms with Crippen LogP contribution < -0.4 is 10.6 Å². The van der Waals surface area contributed by atoms with Crippen LogP contribution in [0, 0.1) is 13.8 Å². The summed E-state index contributed by atoms with van der Waals surface area (Å²) in [6, 6.07) is 19.6. The number of aryl methyl sites for hydroxylation is 2. The number of carbonyl (C=O) groups excluding carboxylic acids is 1. The van der Waals surface area contributed by atoms with Crippen molar-refractivity contribution in [2.45, 2.75) is 26.8 Å². The maximum absolute atomic E-state index is 12.6. The molecule has 0 saturated carbocycles. The Hall–Kier alpha value is -3.14. The largest absolute Gasteiger partial charge is 0.355 e. The molecule has 1 unspecified atom stereocenters. The van der Waals surface area contributed by atoms with E-state index < -0.39 is 0 Å². The summed E-state index contributed by atoms with van der Waals surface area (Å²) in [4.78, 5) is 16.8. The SMILES string of the molecule is Cc1cccc(C)c1Nc1ccnc(C(=O)NC(C)c2ccccc2)c1. The van der Waals surface area contributed by atoms with Gasteiger partial charge in [-0.15, -0.1) is 0 Å². The zero-order chi connectivity index (χ0) is 18.5. The van der Waals surface area contributed by atoms with Crippen molar-refractivity contribution in [1.29, 1.82) is 0 Å². The van der Waals surface area contributed by atoms with Crippen LogP contribution in [0.15, 0.2) is 66.9 Å². The summed E-state index contributed by atoms with van der Waals surface area (Å²) in [7, 11) is 0. The molecule has 0 radical (unpaired) electrons. The molecule has 1 atom stereocenters. The first-order chi connectivity index (χ1) is 12.5. The topological polar surface area (TPSA) is 54.0 Å². The molecular formula is C22H23N3O. The molecule has 1 aromatic heterocycles. The highest BCUT2D eigenvalue weighted by Gasteiger charge is 2.13. The van der Waals surface area contributed by atoms with Crippen molar-refractivity contribution in [2.24, 2.45) is 0 Å². The highest BCUT2D eigenvalue weighted by molar-refractivity contribution is 5.93. The van der Waals surface area contributed by atoms with Gasteiger partial charge in [-0.25, -0.2) is 0 Å². The van der Waals surface area contributed by atoms with E-state index in [1.54, 1.807) is 12.3 Å². The molecule has 3 rings (SSSR count). The predicted molar refractivity (Wildman–Crippen MR) is 106 cm³/mol. The molecule has 4 heteroatoms. The quantitative estimate of drug-likeness (QED) is 0.689. The molecule has 0 fully saturated rings. The second-order valence-corrected chi connectivity index (χ2v) is 6.43. The molecule has 0 aliphatic heterocycles. The van der Waals surface area contributed by atoms with E-state index >= 15 is 0 Å². The van der Waals surface area contributed by atoms with Gasteiger partial charge in [0.05, 0.1) is 6.04 Å². The standard InChI is InChI=1S/C22H23N3O/c1-15-8-7-9-16(2)21(15)25-19-12-13-23-20(14-19)22(26)24-17(3)18-10-5-4-6-11-18/h4-14,17H,1-3H3,(H,23,25)(H,24,26). The van der Waals surface area contributed by atoms with Crippen molar-refractivity contribution >= 4 is 17.3 Å². The summed E-state index contributed by atoms with van der Waals surface area (Å²) >= 11 is 0. The van der Waals surface area contributed by atoms with Crippen molar-refractivity contribution in [2.75, 3.05) is 5.32 Å². The predicted octanol–water partition coefficient (Wildman–Crippen LogP) is 4.93. The van der Waals surface area contributed by atoms with Crippen LogP contribution in [0.4, 0.5) is 11.4 Å². The summed E-state index contributed by atoms with van der Waals surface area (Å²) in [5.41, 5.74) is 5.67. The van der Waals surface area contributed by atoms with Gasteiger partial charge in [-0.2, -0.15) is 0 Å². The molecular weight excluding hydrogens is 322 g/mol. The summed E-state index contributed by atoms with van der Waals surface area (Å²) in [6.07, 6.45) is 1.65. The van der Waals surface area contributed by atoms with Gasteiger partial charge < -0.3 is 10.6 Å². The summed E-state index contributed by atoms with van der Waals surface area (Å²) in [5, 5.41) is 6.40. The first-order valence-electron chi connectivity index (χ1n) is 8.69. The molecule has 3 aromatic rings. The lowest BCUT2D eigenvalue weighted by Gasteiger charge is -2.15. The fraction of sp³-hybridized carbons (Fsp3) is 0.182. The van der Waals surface area contributed by atoms with E-state index in [1.165, 1.54) is 0 Å². The summed E-state index contributed by atoms with van der Waals surface area (Å²) < 4.78 is 0. The molecule has 26 heavy (non-hydrogen) atoms. The van der Waals surface area contributed by atoms with Crippen molar-refractivity contribution in [1.82, 2.24) is 10.3 Å². The summed E-state index contributed by atoms with van der Waals surface area (Å²) in [5.74, 6) is -0.188. The number of amides is 1. The van der Waals surface area contributed by atoms with Crippen molar-refractivity contribution < 1.29 is 4.79 Å². The maximum atomic E-state index is 12.6. The van der Waals surface area contributed by atoms with E-state index in [2.05, 4.69) is 41.6 Å². The zero-order valence-electron chi connectivity index (χ0n) is 15.3. The van der Waals surface area contributed by atoms with Gasteiger partial charge in [0, 0.05) is 17.6 Å². The van der Waals surface area contributed by atoms with Crippen LogP contribution >= 0.6 is 0 Å². The third-order valence-electron chi connectivity index (χ3n) is 4.39. The minimum Gasteiger partial charge on any atom is -0.355 e. The maximum Gasteiger partial charge on any atom is 0.270 e. The van der Waals surface area contributed by atoms with Crippen molar-refractivity contribution in [3.8, 4) is 0 Å². The Morgan fingerprint density at radius 3 is 2.35 bits per heavy atom. The average Bonchev–Trinajstić information content (AvgIpc) is 2.66. The molecule has 2 aromatic carbocycles. The van der Waals surface area contributed by atoms with Crippen LogP contribution in [-0.4, -0.2) is 10.9 Å². The number of hydrogen-bond acceptors (Lipinski definition) is 3. The normalized spacial score (nSPS) is 11.7. The number of hydrogen-bond donors (Lipinski definition) is 2. The number of aromatic nitrogens is 1.